The van der Waals surface area contributed by atoms with Gasteiger partial charge in [0.25, 0.3) is 0 Å². The predicted octanol–water partition coefficient (Wildman–Crippen LogP) is 1.76. The molecule has 1 fully saturated rings. The third-order valence-corrected chi connectivity index (χ3v) is 5.44. The van der Waals surface area contributed by atoms with Crippen molar-refractivity contribution in [3.63, 3.8) is 0 Å². The standard InChI is InChI=1S/C22H28ClN5O6/c1-11(2)33-14-7-5-4-6-13(14)32-9-12(3)25-19-16-20(27-22(23)26-19)28(10-24-16)21-18(31)17(30)15(8-29)34-21/h4-7,10-12,15,17-18,21,29-31H,8-9H2,1-3H3,(H,25,26,27)/t12?,15-,17?,18?,21-/m1/s1. The zero-order valence-electron chi connectivity index (χ0n) is 19.0. The smallest absolute Gasteiger partial charge is 0.226 e. The van der Waals surface area contributed by atoms with Crippen LogP contribution in [0.4, 0.5) is 5.82 Å². The number of hydrogen-bond donors (Lipinski definition) is 4. The lowest BCUT2D eigenvalue weighted by Crippen LogP contribution is -2.33. The van der Waals surface area contributed by atoms with Crippen molar-refractivity contribution in [2.45, 2.75) is 57.5 Å². The fraction of sp³-hybridized carbons (Fsp3) is 0.500. The van der Waals surface area contributed by atoms with Gasteiger partial charge in [-0.05, 0) is 44.5 Å². The summed E-state index contributed by atoms with van der Waals surface area (Å²) >= 11 is 6.16. The lowest BCUT2D eigenvalue weighted by atomic mass is 10.1. The highest BCUT2D eigenvalue weighted by molar-refractivity contribution is 6.28. The van der Waals surface area contributed by atoms with Crippen molar-refractivity contribution in [2.75, 3.05) is 18.5 Å². The van der Waals surface area contributed by atoms with E-state index in [2.05, 4.69) is 20.3 Å². The second-order valence-corrected chi connectivity index (χ2v) is 8.70. The Morgan fingerprint density at radius 2 is 1.88 bits per heavy atom. The van der Waals surface area contributed by atoms with Crippen LogP contribution in [0.25, 0.3) is 11.2 Å². The number of para-hydroxylation sites is 2. The van der Waals surface area contributed by atoms with Crippen LogP contribution in [-0.2, 0) is 4.74 Å². The number of halogens is 1. The fourth-order valence-corrected chi connectivity index (χ4v) is 3.86. The van der Waals surface area contributed by atoms with E-state index in [1.807, 2.05) is 45.0 Å². The van der Waals surface area contributed by atoms with Gasteiger partial charge in [0.2, 0.25) is 5.28 Å². The zero-order valence-corrected chi connectivity index (χ0v) is 19.8. The summed E-state index contributed by atoms with van der Waals surface area (Å²) in [5.41, 5.74) is 0.707. The first-order chi connectivity index (χ1) is 16.3. The van der Waals surface area contributed by atoms with E-state index in [1.54, 1.807) is 0 Å². The summed E-state index contributed by atoms with van der Waals surface area (Å²) in [6.45, 7) is 5.68. The highest BCUT2D eigenvalue weighted by atomic mass is 35.5. The minimum absolute atomic E-state index is 0.0167. The Kier molecular flexibility index (Phi) is 7.39. The van der Waals surface area contributed by atoms with Gasteiger partial charge < -0.3 is 34.8 Å². The van der Waals surface area contributed by atoms with Gasteiger partial charge in [-0.15, -0.1) is 0 Å². The zero-order chi connectivity index (χ0) is 24.4. The van der Waals surface area contributed by atoms with Gasteiger partial charge in [-0.3, -0.25) is 4.57 Å². The highest BCUT2D eigenvalue weighted by Gasteiger charge is 2.44. The second-order valence-electron chi connectivity index (χ2n) is 8.36. The van der Waals surface area contributed by atoms with E-state index in [4.69, 9.17) is 25.8 Å². The number of aliphatic hydroxyl groups excluding tert-OH is 3. The molecule has 1 aliphatic heterocycles. The largest absolute Gasteiger partial charge is 0.488 e. The van der Waals surface area contributed by atoms with Crippen LogP contribution in [0.5, 0.6) is 11.5 Å². The molecule has 1 aliphatic rings. The molecule has 1 aromatic carbocycles. The van der Waals surface area contributed by atoms with Gasteiger partial charge in [-0.25, -0.2) is 4.98 Å². The van der Waals surface area contributed by atoms with Crippen molar-refractivity contribution >= 4 is 28.6 Å². The van der Waals surface area contributed by atoms with Gasteiger partial charge >= 0.3 is 0 Å². The minimum atomic E-state index is -1.28. The Morgan fingerprint density at radius 3 is 2.56 bits per heavy atom. The van der Waals surface area contributed by atoms with Crippen molar-refractivity contribution in [1.29, 1.82) is 0 Å². The summed E-state index contributed by atoms with van der Waals surface area (Å²) in [4.78, 5) is 12.8. The first-order valence-corrected chi connectivity index (χ1v) is 11.3. The third-order valence-electron chi connectivity index (χ3n) is 5.27. The lowest BCUT2D eigenvalue weighted by molar-refractivity contribution is -0.0511. The van der Waals surface area contributed by atoms with Crippen LogP contribution in [0, 0.1) is 0 Å². The molecule has 0 spiro atoms. The summed E-state index contributed by atoms with van der Waals surface area (Å²) in [5, 5.41) is 33.0. The molecule has 0 amide bonds. The SMILES string of the molecule is CC(COc1ccccc1OC(C)C)Nc1nc(Cl)nc2c1ncn2[C@@H]1O[C@H](CO)C(O)C1O. The molecule has 0 saturated carbocycles. The molecule has 2 aromatic heterocycles. The Labute approximate surface area is 201 Å². The number of ether oxygens (including phenoxy) is 3. The van der Waals surface area contributed by atoms with Crippen molar-refractivity contribution < 1.29 is 29.5 Å². The van der Waals surface area contributed by atoms with Crippen LogP contribution in [0.1, 0.15) is 27.0 Å². The molecule has 0 radical (unpaired) electrons. The topological polar surface area (TPSA) is 144 Å². The fourth-order valence-electron chi connectivity index (χ4n) is 3.70. The number of anilines is 1. The van der Waals surface area contributed by atoms with Gasteiger partial charge in [-0.2, -0.15) is 9.97 Å². The lowest BCUT2D eigenvalue weighted by Gasteiger charge is -2.19. The number of nitrogens with zero attached hydrogens (tertiary/aromatic N) is 4. The molecular weight excluding hydrogens is 466 g/mol. The molecule has 4 N–H and O–H groups in total. The maximum atomic E-state index is 10.4. The average Bonchev–Trinajstić information content (AvgIpc) is 3.33. The molecular formula is C22H28ClN5O6. The number of imidazole rings is 1. The summed E-state index contributed by atoms with van der Waals surface area (Å²) in [7, 11) is 0. The Balaban J connectivity index is 1.51. The van der Waals surface area contributed by atoms with E-state index in [1.165, 1.54) is 10.9 Å². The quantitative estimate of drug-likeness (QED) is 0.325. The molecule has 5 atom stereocenters. The van der Waals surface area contributed by atoms with E-state index in [0.717, 1.165) is 0 Å². The second kappa shape index (κ2) is 10.3. The van der Waals surface area contributed by atoms with Crippen molar-refractivity contribution in [3.8, 4) is 11.5 Å². The Bertz CT molecular complexity index is 1130. The Morgan fingerprint density at radius 1 is 1.15 bits per heavy atom. The number of aliphatic hydroxyl groups is 3. The van der Waals surface area contributed by atoms with Gasteiger partial charge in [0.15, 0.2) is 34.7 Å². The van der Waals surface area contributed by atoms with Gasteiger partial charge in [0, 0.05) is 0 Å². The van der Waals surface area contributed by atoms with Crippen LogP contribution in [0.2, 0.25) is 5.28 Å². The van der Waals surface area contributed by atoms with Crippen molar-refractivity contribution in [3.05, 3.63) is 35.9 Å². The molecule has 11 nitrogen and oxygen atoms in total. The van der Waals surface area contributed by atoms with Crippen LogP contribution in [0.15, 0.2) is 30.6 Å². The number of nitrogens with one attached hydrogen (secondary N) is 1. The first-order valence-electron chi connectivity index (χ1n) is 11.0. The summed E-state index contributed by atoms with van der Waals surface area (Å²) < 4.78 is 18.8. The van der Waals surface area contributed by atoms with Crippen LogP contribution in [-0.4, -0.2) is 78.5 Å². The summed E-state index contributed by atoms with van der Waals surface area (Å²) in [6.07, 6.45) is -3.01. The van der Waals surface area contributed by atoms with E-state index >= 15 is 0 Å². The highest BCUT2D eigenvalue weighted by Crippen LogP contribution is 2.33. The molecule has 12 heteroatoms. The molecule has 1 saturated heterocycles. The molecule has 0 bridgehead atoms. The normalized spacial score (nSPS) is 23.4. The molecule has 34 heavy (non-hydrogen) atoms. The minimum Gasteiger partial charge on any atom is -0.488 e. The van der Waals surface area contributed by atoms with E-state index in [-0.39, 0.29) is 17.4 Å². The summed E-state index contributed by atoms with van der Waals surface area (Å²) in [5.74, 6) is 1.67. The number of rotatable bonds is 9. The van der Waals surface area contributed by atoms with Crippen LogP contribution < -0.4 is 14.8 Å². The van der Waals surface area contributed by atoms with Gasteiger partial charge in [0.05, 0.1) is 25.1 Å². The third kappa shape index (κ3) is 5.03. The maximum absolute atomic E-state index is 10.4. The van der Waals surface area contributed by atoms with Gasteiger partial charge in [-0.1, -0.05) is 12.1 Å². The predicted molar refractivity (Wildman–Crippen MR) is 124 cm³/mol. The van der Waals surface area contributed by atoms with Crippen molar-refractivity contribution in [1.82, 2.24) is 19.5 Å². The average molecular weight is 494 g/mol. The molecule has 3 unspecified atom stereocenters. The number of hydrogen-bond acceptors (Lipinski definition) is 10. The number of aromatic nitrogens is 4. The van der Waals surface area contributed by atoms with E-state index in [9.17, 15) is 15.3 Å². The number of fused-ring (bicyclic) bond motifs is 1. The molecule has 184 valence electrons. The Hall–Kier alpha value is -2.70. The first kappa shape index (κ1) is 24.4. The van der Waals surface area contributed by atoms with Gasteiger partial charge in [0.1, 0.15) is 24.9 Å². The number of benzene rings is 1. The summed E-state index contributed by atoms with van der Waals surface area (Å²) in [6, 6.07) is 7.26. The van der Waals surface area contributed by atoms with Crippen molar-refractivity contribution in [2.24, 2.45) is 0 Å². The van der Waals surface area contributed by atoms with Crippen LogP contribution in [0.3, 0.4) is 0 Å². The van der Waals surface area contributed by atoms with E-state index in [0.29, 0.717) is 35.1 Å². The van der Waals surface area contributed by atoms with Crippen LogP contribution >= 0.6 is 11.6 Å². The molecule has 3 aromatic rings. The molecule has 0 aliphatic carbocycles. The molecule has 3 heterocycles. The maximum Gasteiger partial charge on any atom is 0.226 e. The van der Waals surface area contributed by atoms with E-state index < -0.39 is 31.1 Å². The monoisotopic (exact) mass is 493 g/mol. The molecule has 4 rings (SSSR count).